The lowest BCUT2D eigenvalue weighted by molar-refractivity contribution is 0.133. The lowest BCUT2D eigenvalue weighted by atomic mass is 10.1. The van der Waals surface area contributed by atoms with E-state index in [0.29, 0.717) is 13.2 Å². The average molecular weight is 274 g/mol. The Morgan fingerprint density at radius 1 is 1.21 bits per heavy atom. The van der Waals surface area contributed by atoms with Crippen LogP contribution in [-0.2, 0) is 11.3 Å². The Labute approximate surface area is 114 Å². The molecule has 0 saturated heterocycles. The van der Waals surface area contributed by atoms with Gasteiger partial charge in [0.25, 0.3) is 0 Å². The summed E-state index contributed by atoms with van der Waals surface area (Å²) >= 11 is 1.51. The second-order valence-corrected chi connectivity index (χ2v) is 5.26. The largest absolute Gasteiger partial charge is 0.374 e. The molecule has 98 valence electrons. The van der Waals surface area contributed by atoms with Crippen molar-refractivity contribution in [3.63, 3.8) is 0 Å². The summed E-state index contributed by atoms with van der Waals surface area (Å²) in [4.78, 5) is 0.797. The van der Waals surface area contributed by atoms with Gasteiger partial charge >= 0.3 is 0 Å². The van der Waals surface area contributed by atoms with Crippen LogP contribution in [-0.4, -0.2) is 26.4 Å². The number of hydrogen-bond donors (Lipinski definition) is 0. The van der Waals surface area contributed by atoms with E-state index in [0.717, 1.165) is 21.4 Å². The SMILES string of the molecule is CCOCc1nn2c(-c3ccc(C)cc3)nnc2s1. The second kappa shape index (κ2) is 5.07. The Kier molecular flexibility index (Phi) is 3.27. The molecule has 0 fully saturated rings. The first-order valence-corrected chi connectivity index (χ1v) is 6.95. The van der Waals surface area contributed by atoms with Gasteiger partial charge in [-0.25, -0.2) is 0 Å². The van der Waals surface area contributed by atoms with Gasteiger partial charge in [0.05, 0.1) is 0 Å². The van der Waals surface area contributed by atoms with Gasteiger partial charge in [0.2, 0.25) is 4.96 Å². The molecule has 0 spiro atoms. The molecule has 1 aromatic carbocycles. The molecule has 0 aliphatic heterocycles. The first kappa shape index (κ1) is 12.3. The summed E-state index contributed by atoms with van der Waals surface area (Å²) in [5.74, 6) is 0.772. The fourth-order valence-electron chi connectivity index (χ4n) is 1.79. The number of hydrogen-bond acceptors (Lipinski definition) is 5. The lowest BCUT2D eigenvalue weighted by Gasteiger charge is -1.98. The molecule has 0 amide bonds. The van der Waals surface area contributed by atoms with Gasteiger partial charge in [0.15, 0.2) is 5.82 Å². The maximum absolute atomic E-state index is 5.37. The topological polar surface area (TPSA) is 52.3 Å². The van der Waals surface area contributed by atoms with Gasteiger partial charge in [-0.3, -0.25) is 0 Å². The third-order valence-electron chi connectivity index (χ3n) is 2.77. The predicted molar refractivity (Wildman–Crippen MR) is 74.2 cm³/mol. The highest BCUT2D eigenvalue weighted by Gasteiger charge is 2.13. The second-order valence-electron chi connectivity index (χ2n) is 4.22. The van der Waals surface area contributed by atoms with Crippen LogP contribution in [0.25, 0.3) is 16.3 Å². The number of aromatic nitrogens is 4. The summed E-state index contributed by atoms with van der Waals surface area (Å²) < 4.78 is 7.15. The van der Waals surface area contributed by atoms with Crippen LogP contribution in [0.1, 0.15) is 17.5 Å². The lowest BCUT2D eigenvalue weighted by Crippen LogP contribution is -1.95. The zero-order valence-electron chi connectivity index (χ0n) is 10.8. The van der Waals surface area contributed by atoms with Crippen molar-refractivity contribution in [1.29, 1.82) is 0 Å². The highest BCUT2D eigenvalue weighted by molar-refractivity contribution is 7.16. The van der Waals surface area contributed by atoms with Gasteiger partial charge in [-0.2, -0.15) is 9.61 Å². The van der Waals surface area contributed by atoms with E-state index in [-0.39, 0.29) is 0 Å². The highest BCUT2D eigenvalue weighted by atomic mass is 32.1. The number of nitrogens with zero attached hydrogens (tertiary/aromatic N) is 4. The van der Waals surface area contributed by atoms with Gasteiger partial charge in [0, 0.05) is 12.2 Å². The average Bonchev–Trinajstić information content (AvgIpc) is 2.97. The summed E-state index contributed by atoms with van der Waals surface area (Å²) in [6.07, 6.45) is 0. The van der Waals surface area contributed by atoms with Gasteiger partial charge in [0.1, 0.15) is 11.6 Å². The normalized spacial score (nSPS) is 11.3. The van der Waals surface area contributed by atoms with Gasteiger partial charge in [-0.05, 0) is 13.8 Å². The molecular formula is C13H14N4OS. The van der Waals surface area contributed by atoms with Crippen LogP contribution in [0.4, 0.5) is 0 Å². The number of aryl methyl sites for hydroxylation is 1. The minimum Gasteiger partial charge on any atom is -0.374 e. The van der Waals surface area contributed by atoms with Crippen molar-refractivity contribution >= 4 is 16.3 Å². The first-order chi connectivity index (χ1) is 9.28. The van der Waals surface area contributed by atoms with Crippen molar-refractivity contribution in [2.75, 3.05) is 6.61 Å². The van der Waals surface area contributed by atoms with Crippen LogP contribution >= 0.6 is 11.3 Å². The summed E-state index contributed by atoms with van der Waals surface area (Å²) in [5.41, 5.74) is 2.24. The van der Waals surface area contributed by atoms with Crippen molar-refractivity contribution in [3.05, 3.63) is 34.8 Å². The van der Waals surface area contributed by atoms with Crippen LogP contribution in [0.3, 0.4) is 0 Å². The molecule has 0 aliphatic rings. The van der Waals surface area contributed by atoms with E-state index in [1.165, 1.54) is 16.9 Å². The molecule has 2 heterocycles. The number of ether oxygens (including phenoxy) is 1. The molecule has 5 nitrogen and oxygen atoms in total. The molecule has 0 radical (unpaired) electrons. The molecular weight excluding hydrogens is 260 g/mol. The predicted octanol–water partition coefficient (Wildman–Crippen LogP) is 2.70. The third kappa shape index (κ3) is 2.36. The van der Waals surface area contributed by atoms with Crippen LogP contribution in [0.5, 0.6) is 0 Å². The molecule has 0 saturated carbocycles. The summed E-state index contributed by atoms with van der Waals surface area (Å²) in [5, 5.41) is 13.8. The molecule has 0 aliphatic carbocycles. The zero-order chi connectivity index (χ0) is 13.2. The minimum absolute atomic E-state index is 0.526. The Hall–Kier alpha value is -1.79. The monoisotopic (exact) mass is 274 g/mol. The molecule has 0 bridgehead atoms. The van der Waals surface area contributed by atoms with E-state index in [1.54, 1.807) is 4.52 Å². The van der Waals surface area contributed by atoms with Crippen molar-refractivity contribution in [2.45, 2.75) is 20.5 Å². The van der Waals surface area contributed by atoms with Crippen molar-refractivity contribution in [1.82, 2.24) is 19.8 Å². The van der Waals surface area contributed by atoms with Crippen LogP contribution in [0.15, 0.2) is 24.3 Å². The molecule has 3 aromatic rings. The smallest absolute Gasteiger partial charge is 0.235 e. The molecule has 0 N–H and O–H groups in total. The van der Waals surface area contributed by atoms with E-state index >= 15 is 0 Å². The van der Waals surface area contributed by atoms with E-state index in [1.807, 2.05) is 19.1 Å². The first-order valence-electron chi connectivity index (χ1n) is 6.14. The van der Waals surface area contributed by atoms with E-state index in [2.05, 4.69) is 34.4 Å². The summed E-state index contributed by atoms with van der Waals surface area (Å²) in [6, 6.07) is 8.19. The number of fused-ring (bicyclic) bond motifs is 1. The zero-order valence-corrected chi connectivity index (χ0v) is 11.6. The van der Waals surface area contributed by atoms with Crippen LogP contribution in [0, 0.1) is 6.92 Å². The molecule has 0 atom stereocenters. The van der Waals surface area contributed by atoms with Gasteiger partial charge in [-0.15, -0.1) is 10.2 Å². The number of rotatable bonds is 4. The Morgan fingerprint density at radius 2 is 2.00 bits per heavy atom. The highest BCUT2D eigenvalue weighted by Crippen LogP contribution is 2.22. The standard InChI is InChI=1S/C13H14N4OS/c1-3-18-8-11-16-17-12(14-15-13(17)19-11)10-6-4-9(2)5-7-10/h4-7H,3,8H2,1-2H3. The fourth-order valence-corrected chi connectivity index (χ4v) is 2.56. The number of benzene rings is 1. The van der Waals surface area contributed by atoms with Gasteiger partial charge in [-0.1, -0.05) is 41.2 Å². The van der Waals surface area contributed by atoms with Gasteiger partial charge < -0.3 is 4.74 Å². The van der Waals surface area contributed by atoms with Crippen LogP contribution < -0.4 is 0 Å². The molecule has 2 aromatic heterocycles. The fraction of sp³-hybridized carbons (Fsp3) is 0.308. The quantitative estimate of drug-likeness (QED) is 0.734. The molecule has 6 heteroatoms. The minimum atomic E-state index is 0.526. The maximum Gasteiger partial charge on any atom is 0.235 e. The Morgan fingerprint density at radius 3 is 2.74 bits per heavy atom. The molecule has 19 heavy (non-hydrogen) atoms. The molecule has 0 unspecified atom stereocenters. The van der Waals surface area contributed by atoms with E-state index < -0.39 is 0 Å². The summed E-state index contributed by atoms with van der Waals surface area (Å²) in [7, 11) is 0. The Bertz CT molecular complexity index is 686. The molecule has 3 rings (SSSR count). The van der Waals surface area contributed by atoms with E-state index in [9.17, 15) is 0 Å². The van der Waals surface area contributed by atoms with E-state index in [4.69, 9.17) is 4.74 Å². The maximum atomic E-state index is 5.37. The third-order valence-corrected chi connectivity index (χ3v) is 3.64. The Balaban J connectivity index is 1.99. The van der Waals surface area contributed by atoms with Crippen molar-refractivity contribution < 1.29 is 4.74 Å². The van der Waals surface area contributed by atoms with Crippen molar-refractivity contribution in [2.24, 2.45) is 0 Å². The van der Waals surface area contributed by atoms with Crippen molar-refractivity contribution in [3.8, 4) is 11.4 Å². The van der Waals surface area contributed by atoms with Crippen LogP contribution in [0.2, 0.25) is 0 Å². The summed E-state index contributed by atoms with van der Waals surface area (Å²) in [6.45, 7) is 5.24.